The molecule has 1 heterocycles. The van der Waals surface area contributed by atoms with Crippen molar-refractivity contribution < 1.29 is 33.7 Å². The normalized spacial score (nSPS) is 17.3. The third-order valence-electron chi connectivity index (χ3n) is 7.79. The molecule has 0 aliphatic carbocycles. The smallest absolute Gasteiger partial charge is 0.409 e. The van der Waals surface area contributed by atoms with Crippen LogP contribution in [0.3, 0.4) is 0 Å². The minimum absolute atomic E-state index is 0.0601. The van der Waals surface area contributed by atoms with E-state index in [1.807, 2.05) is 19.0 Å². The number of benzene rings is 3. The Bertz CT molecular complexity index is 1370. The van der Waals surface area contributed by atoms with Gasteiger partial charge >= 0.3 is 6.09 Å². The number of carbonyl (C=O) groups excluding carboxylic acids is 3. The number of ether oxygens (including phenoxy) is 1. The van der Waals surface area contributed by atoms with Crippen LogP contribution in [0.4, 0.5) is 9.18 Å². The molecule has 2 N–H and O–H groups in total. The lowest BCUT2D eigenvalue weighted by Crippen LogP contribution is -2.52. The van der Waals surface area contributed by atoms with Crippen molar-refractivity contribution in [3.05, 3.63) is 94.8 Å². The highest BCUT2D eigenvalue weighted by atomic mass is 19.1. The largest absolute Gasteiger partial charge is 0.508 e. The van der Waals surface area contributed by atoms with Crippen molar-refractivity contribution in [3.8, 4) is 11.5 Å². The standard InChI is InChI=1S/C33H37FN2O6/c1-21-26(13-8-14-29(21)34)30-27(31(39)22-9-6-11-24(37)17-22)19-36(33(41)42-16-5-4-15-35(2)3)20-28(30)32(40)23-10-7-12-25(38)18-23/h6-14,17-18,27-28,30,37-38H,4-5,15-16,19-20H2,1-3H3/t27-,28-/m0/s1. The number of nitrogens with zero attached hydrogens (tertiary/aromatic N) is 2. The molecule has 222 valence electrons. The average molecular weight is 577 g/mol. The van der Waals surface area contributed by atoms with Gasteiger partial charge in [0.1, 0.15) is 17.3 Å². The zero-order valence-electron chi connectivity index (χ0n) is 24.1. The second-order valence-corrected chi connectivity index (χ2v) is 11.1. The quantitative estimate of drug-likeness (QED) is 0.245. The number of unbranched alkanes of at least 4 members (excludes halogenated alkanes) is 1. The van der Waals surface area contributed by atoms with Gasteiger partial charge in [-0.05, 0) is 81.9 Å². The zero-order valence-corrected chi connectivity index (χ0v) is 24.1. The first kappa shape index (κ1) is 30.7. The SMILES string of the molecule is Cc1c(F)cccc1C1[C@@H](C(=O)c2cccc(O)c2)CN(C(=O)OCCCCN(C)C)C[C@@H]1C(=O)c1cccc(O)c1. The van der Waals surface area contributed by atoms with Crippen LogP contribution in [0.1, 0.15) is 50.6 Å². The Labute approximate surface area is 245 Å². The molecule has 0 saturated carbocycles. The van der Waals surface area contributed by atoms with E-state index < -0.39 is 41.2 Å². The summed E-state index contributed by atoms with van der Waals surface area (Å²) in [5.41, 5.74) is 1.22. The van der Waals surface area contributed by atoms with E-state index in [1.165, 1.54) is 41.3 Å². The Morgan fingerprint density at radius 1 is 0.881 bits per heavy atom. The van der Waals surface area contributed by atoms with Crippen LogP contribution in [0.25, 0.3) is 0 Å². The molecule has 2 atom stereocenters. The minimum atomic E-state index is -0.950. The number of Topliss-reactive ketones (excluding diaryl/α,β-unsaturated/α-hetero) is 2. The number of likely N-dealkylation sites (tertiary alicyclic amines) is 1. The number of carbonyl (C=O) groups is 3. The number of hydrogen-bond donors (Lipinski definition) is 2. The fraction of sp³-hybridized carbons (Fsp3) is 0.364. The lowest BCUT2D eigenvalue weighted by molar-refractivity contribution is 0.0476. The Balaban J connectivity index is 1.76. The summed E-state index contributed by atoms with van der Waals surface area (Å²) in [5.74, 6) is -4.16. The van der Waals surface area contributed by atoms with Gasteiger partial charge in [0.15, 0.2) is 11.6 Å². The summed E-state index contributed by atoms with van der Waals surface area (Å²) in [5, 5.41) is 20.2. The van der Waals surface area contributed by atoms with Crippen LogP contribution in [0.15, 0.2) is 66.7 Å². The van der Waals surface area contributed by atoms with Crippen LogP contribution in [-0.2, 0) is 4.74 Å². The van der Waals surface area contributed by atoms with Gasteiger partial charge in [0.25, 0.3) is 0 Å². The molecule has 3 aromatic rings. The second kappa shape index (κ2) is 13.6. The van der Waals surface area contributed by atoms with Gasteiger partial charge < -0.3 is 24.7 Å². The Morgan fingerprint density at radius 3 is 1.95 bits per heavy atom. The second-order valence-electron chi connectivity index (χ2n) is 11.1. The maximum atomic E-state index is 14.9. The van der Waals surface area contributed by atoms with Gasteiger partial charge in [-0.3, -0.25) is 9.59 Å². The van der Waals surface area contributed by atoms with Crippen LogP contribution >= 0.6 is 0 Å². The number of phenolic OH excluding ortho intramolecular Hbond substituents is 2. The molecule has 1 amide bonds. The van der Waals surface area contributed by atoms with Crippen LogP contribution in [0, 0.1) is 24.6 Å². The molecule has 1 aliphatic heterocycles. The Morgan fingerprint density at radius 2 is 1.43 bits per heavy atom. The molecule has 9 heteroatoms. The predicted octanol–water partition coefficient (Wildman–Crippen LogP) is 5.42. The summed E-state index contributed by atoms with van der Waals surface area (Å²) in [6, 6.07) is 16.3. The topological polar surface area (TPSA) is 107 Å². The molecule has 1 saturated heterocycles. The molecular weight excluding hydrogens is 539 g/mol. The van der Waals surface area contributed by atoms with Crippen molar-refractivity contribution in [2.45, 2.75) is 25.7 Å². The van der Waals surface area contributed by atoms with Crippen molar-refractivity contribution in [1.29, 1.82) is 0 Å². The van der Waals surface area contributed by atoms with Gasteiger partial charge in [-0.2, -0.15) is 0 Å². The molecule has 0 unspecified atom stereocenters. The lowest BCUT2D eigenvalue weighted by Gasteiger charge is -2.43. The van der Waals surface area contributed by atoms with Crippen LogP contribution in [-0.4, -0.2) is 78.0 Å². The van der Waals surface area contributed by atoms with E-state index in [0.29, 0.717) is 17.5 Å². The molecule has 8 nitrogen and oxygen atoms in total. The molecule has 4 rings (SSSR count). The van der Waals surface area contributed by atoms with Crippen molar-refractivity contribution >= 4 is 17.7 Å². The predicted molar refractivity (Wildman–Crippen MR) is 156 cm³/mol. The molecule has 0 spiro atoms. The molecule has 3 aromatic carbocycles. The van der Waals surface area contributed by atoms with E-state index in [0.717, 1.165) is 13.0 Å². The average Bonchev–Trinajstić information content (AvgIpc) is 2.97. The highest BCUT2D eigenvalue weighted by molar-refractivity contribution is 6.03. The summed E-state index contributed by atoms with van der Waals surface area (Å²) in [4.78, 5) is 44.9. The van der Waals surface area contributed by atoms with E-state index >= 15 is 0 Å². The van der Waals surface area contributed by atoms with Crippen molar-refractivity contribution in [3.63, 3.8) is 0 Å². The number of rotatable bonds is 10. The van der Waals surface area contributed by atoms with Crippen LogP contribution in [0.5, 0.6) is 11.5 Å². The fourth-order valence-electron chi connectivity index (χ4n) is 5.64. The fourth-order valence-corrected chi connectivity index (χ4v) is 5.64. The first-order chi connectivity index (χ1) is 20.1. The number of aromatic hydroxyl groups is 2. The maximum Gasteiger partial charge on any atom is 0.409 e. The number of amides is 1. The summed E-state index contributed by atoms with van der Waals surface area (Å²) in [6.07, 6.45) is 0.843. The molecule has 0 radical (unpaired) electrons. The molecule has 42 heavy (non-hydrogen) atoms. The van der Waals surface area contributed by atoms with Gasteiger partial charge in [0, 0.05) is 42.0 Å². The van der Waals surface area contributed by atoms with Gasteiger partial charge in [-0.15, -0.1) is 0 Å². The summed E-state index contributed by atoms with van der Waals surface area (Å²) in [7, 11) is 3.92. The van der Waals surface area contributed by atoms with Gasteiger partial charge in [-0.25, -0.2) is 9.18 Å². The first-order valence-electron chi connectivity index (χ1n) is 14.0. The zero-order chi connectivity index (χ0) is 30.4. The summed E-state index contributed by atoms with van der Waals surface area (Å²) >= 11 is 0. The highest BCUT2D eigenvalue weighted by Crippen LogP contribution is 2.43. The minimum Gasteiger partial charge on any atom is -0.508 e. The Hall–Kier alpha value is -4.24. The maximum absolute atomic E-state index is 14.9. The van der Waals surface area contributed by atoms with E-state index in [1.54, 1.807) is 37.3 Å². The third-order valence-corrected chi connectivity index (χ3v) is 7.79. The van der Waals surface area contributed by atoms with Gasteiger partial charge in [0.05, 0.1) is 6.61 Å². The number of ketones is 2. The Kier molecular flexibility index (Phi) is 9.96. The highest BCUT2D eigenvalue weighted by Gasteiger charge is 2.47. The summed E-state index contributed by atoms with van der Waals surface area (Å²) in [6.45, 7) is 2.51. The first-order valence-corrected chi connectivity index (χ1v) is 14.0. The van der Waals surface area contributed by atoms with Crippen molar-refractivity contribution in [2.75, 3.05) is 40.3 Å². The van der Waals surface area contributed by atoms with Gasteiger partial charge in [0.2, 0.25) is 0 Å². The lowest BCUT2D eigenvalue weighted by atomic mass is 9.68. The van der Waals surface area contributed by atoms with E-state index in [4.69, 9.17) is 4.74 Å². The third kappa shape index (κ3) is 7.15. The van der Waals surface area contributed by atoms with Crippen molar-refractivity contribution in [1.82, 2.24) is 9.80 Å². The number of hydrogen-bond acceptors (Lipinski definition) is 7. The van der Waals surface area contributed by atoms with Gasteiger partial charge in [-0.1, -0.05) is 36.4 Å². The monoisotopic (exact) mass is 576 g/mol. The van der Waals surface area contributed by atoms with Crippen LogP contribution in [0.2, 0.25) is 0 Å². The number of phenols is 2. The van der Waals surface area contributed by atoms with E-state index in [9.17, 15) is 29.0 Å². The molecule has 0 bridgehead atoms. The number of piperidine rings is 1. The molecule has 1 aliphatic rings. The molecule has 0 aromatic heterocycles. The van der Waals surface area contributed by atoms with E-state index in [2.05, 4.69) is 0 Å². The number of halogens is 1. The summed E-state index contributed by atoms with van der Waals surface area (Å²) < 4.78 is 20.4. The molecule has 1 fully saturated rings. The van der Waals surface area contributed by atoms with E-state index in [-0.39, 0.29) is 42.3 Å². The van der Waals surface area contributed by atoms with Crippen LogP contribution < -0.4 is 0 Å². The molecular formula is C33H37FN2O6. The van der Waals surface area contributed by atoms with Crippen molar-refractivity contribution in [2.24, 2.45) is 11.8 Å².